The summed E-state index contributed by atoms with van der Waals surface area (Å²) in [6.45, 7) is 2.50. The predicted octanol–water partition coefficient (Wildman–Crippen LogP) is 1.82. The summed E-state index contributed by atoms with van der Waals surface area (Å²) in [6.07, 6.45) is 0.402. The van der Waals surface area contributed by atoms with Crippen molar-refractivity contribution in [2.75, 3.05) is 27.7 Å². The van der Waals surface area contributed by atoms with Gasteiger partial charge in [-0.15, -0.1) is 0 Å². The lowest BCUT2D eigenvalue weighted by molar-refractivity contribution is -0.129. The molecule has 1 N–H and O–H groups in total. The standard InChI is InChI=1S/C14H22N2O2/c1-11(15-2)12-6-5-7-13(10-12)18-9-8-14(17)16(3)4/h5-7,10-11,15H,8-9H2,1-4H3. The van der Waals surface area contributed by atoms with E-state index in [1.807, 2.05) is 25.2 Å². The van der Waals surface area contributed by atoms with Crippen molar-refractivity contribution in [3.05, 3.63) is 29.8 Å². The molecule has 0 saturated heterocycles. The summed E-state index contributed by atoms with van der Waals surface area (Å²) in [4.78, 5) is 13.0. The molecule has 100 valence electrons. The number of hydrogen-bond donors (Lipinski definition) is 1. The lowest BCUT2D eigenvalue weighted by Gasteiger charge is -2.13. The monoisotopic (exact) mass is 250 g/mol. The molecule has 1 amide bonds. The molecule has 0 aliphatic heterocycles. The Labute approximate surface area is 109 Å². The van der Waals surface area contributed by atoms with E-state index in [9.17, 15) is 4.79 Å². The van der Waals surface area contributed by atoms with E-state index in [1.165, 1.54) is 5.56 Å². The number of ether oxygens (including phenoxy) is 1. The third-order valence-electron chi connectivity index (χ3n) is 2.87. The highest BCUT2D eigenvalue weighted by Gasteiger charge is 2.06. The fraction of sp³-hybridized carbons (Fsp3) is 0.500. The van der Waals surface area contributed by atoms with Crippen LogP contribution in [0.3, 0.4) is 0 Å². The minimum Gasteiger partial charge on any atom is -0.493 e. The summed E-state index contributed by atoms with van der Waals surface area (Å²) in [5, 5.41) is 3.18. The lowest BCUT2D eigenvalue weighted by Crippen LogP contribution is -2.23. The van der Waals surface area contributed by atoms with Gasteiger partial charge in [-0.1, -0.05) is 12.1 Å². The maximum absolute atomic E-state index is 11.4. The van der Waals surface area contributed by atoms with Crippen LogP contribution in [0.1, 0.15) is 24.9 Å². The molecule has 0 aromatic heterocycles. The third kappa shape index (κ3) is 4.37. The smallest absolute Gasteiger partial charge is 0.225 e. The lowest BCUT2D eigenvalue weighted by atomic mass is 10.1. The van der Waals surface area contributed by atoms with Crippen molar-refractivity contribution in [3.63, 3.8) is 0 Å². The molecular weight excluding hydrogens is 228 g/mol. The Morgan fingerprint density at radius 2 is 2.17 bits per heavy atom. The second kappa shape index (κ2) is 7.01. The van der Waals surface area contributed by atoms with Gasteiger partial charge in [-0.05, 0) is 31.7 Å². The van der Waals surface area contributed by atoms with Gasteiger partial charge in [0.1, 0.15) is 5.75 Å². The fourth-order valence-electron chi connectivity index (χ4n) is 1.52. The van der Waals surface area contributed by atoms with E-state index in [1.54, 1.807) is 19.0 Å². The van der Waals surface area contributed by atoms with Crippen LogP contribution in [0.5, 0.6) is 5.75 Å². The van der Waals surface area contributed by atoms with Gasteiger partial charge in [-0.25, -0.2) is 0 Å². The first-order valence-corrected chi connectivity index (χ1v) is 6.14. The van der Waals surface area contributed by atoms with Crippen LogP contribution < -0.4 is 10.1 Å². The van der Waals surface area contributed by atoms with Crippen LogP contribution in [0.4, 0.5) is 0 Å². The number of carbonyl (C=O) groups excluding carboxylic acids is 1. The molecule has 4 heteroatoms. The van der Waals surface area contributed by atoms with Crippen molar-refractivity contribution in [3.8, 4) is 5.75 Å². The normalized spacial score (nSPS) is 12.0. The molecule has 1 aromatic rings. The topological polar surface area (TPSA) is 41.6 Å². The Morgan fingerprint density at radius 1 is 1.44 bits per heavy atom. The molecule has 1 aromatic carbocycles. The first-order chi connectivity index (χ1) is 8.54. The van der Waals surface area contributed by atoms with E-state index in [-0.39, 0.29) is 11.9 Å². The highest BCUT2D eigenvalue weighted by Crippen LogP contribution is 2.18. The van der Waals surface area contributed by atoms with Crippen molar-refractivity contribution in [1.82, 2.24) is 10.2 Å². The molecular formula is C14H22N2O2. The van der Waals surface area contributed by atoms with Crippen LogP contribution in [0.25, 0.3) is 0 Å². The van der Waals surface area contributed by atoms with Gasteiger partial charge in [-0.3, -0.25) is 4.79 Å². The zero-order chi connectivity index (χ0) is 13.5. The van der Waals surface area contributed by atoms with Gasteiger partial charge in [0, 0.05) is 20.1 Å². The molecule has 4 nitrogen and oxygen atoms in total. The van der Waals surface area contributed by atoms with Crippen molar-refractivity contribution in [1.29, 1.82) is 0 Å². The third-order valence-corrected chi connectivity index (χ3v) is 2.87. The number of amides is 1. The molecule has 0 fully saturated rings. The maximum atomic E-state index is 11.4. The van der Waals surface area contributed by atoms with Gasteiger partial charge >= 0.3 is 0 Å². The average Bonchev–Trinajstić information content (AvgIpc) is 2.37. The zero-order valence-electron chi connectivity index (χ0n) is 11.6. The maximum Gasteiger partial charge on any atom is 0.225 e. The molecule has 0 aliphatic rings. The largest absolute Gasteiger partial charge is 0.493 e. The minimum absolute atomic E-state index is 0.0785. The summed E-state index contributed by atoms with van der Waals surface area (Å²) in [7, 11) is 5.42. The number of nitrogens with zero attached hydrogens (tertiary/aromatic N) is 1. The first-order valence-electron chi connectivity index (χ1n) is 6.14. The molecule has 1 atom stereocenters. The van der Waals surface area contributed by atoms with E-state index < -0.39 is 0 Å². The Hall–Kier alpha value is -1.55. The Kier molecular flexibility index (Phi) is 5.65. The van der Waals surface area contributed by atoms with Crippen LogP contribution in [0.15, 0.2) is 24.3 Å². The highest BCUT2D eigenvalue weighted by atomic mass is 16.5. The van der Waals surface area contributed by atoms with Crippen LogP contribution in [-0.4, -0.2) is 38.6 Å². The van der Waals surface area contributed by atoms with E-state index in [0.717, 1.165) is 5.75 Å². The van der Waals surface area contributed by atoms with Gasteiger partial charge in [0.25, 0.3) is 0 Å². The average molecular weight is 250 g/mol. The van der Waals surface area contributed by atoms with E-state index in [4.69, 9.17) is 4.74 Å². The van der Waals surface area contributed by atoms with E-state index >= 15 is 0 Å². The Bertz CT molecular complexity index is 391. The molecule has 0 heterocycles. The van der Waals surface area contributed by atoms with Crippen molar-refractivity contribution >= 4 is 5.91 Å². The van der Waals surface area contributed by atoms with Crippen LogP contribution in [0, 0.1) is 0 Å². The van der Waals surface area contributed by atoms with Crippen molar-refractivity contribution in [2.45, 2.75) is 19.4 Å². The second-order valence-electron chi connectivity index (χ2n) is 4.47. The fourth-order valence-corrected chi connectivity index (χ4v) is 1.52. The summed E-state index contributed by atoms with van der Waals surface area (Å²) in [5.74, 6) is 0.885. The predicted molar refractivity (Wildman–Crippen MR) is 72.7 cm³/mol. The zero-order valence-corrected chi connectivity index (χ0v) is 11.6. The van der Waals surface area contributed by atoms with Gasteiger partial charge < -0.3 is 15.0 Å². The summed E-state index contributed by atoms with van der Waals surface area (Å²) < 4.78 is 5.59. The number of carbonyl (C=O) groups is 1. The number of benzene rings is 1. The molecule has 0 aliphatic carbocycles. The van der Waals surface area contributed by atoms with Gasteiger partial charge in [0.05, 0.1) is 13.0 Å². The van der Waals surface area contributed by atoms with Gasteiger partial charge in [0.2, 0.25) is 5.91 Å². The quantitative estimate of drug-likeness (QED) is 0.837. The molecule has 0 spiro atoms. The first kappa shape index (κ1) is 14.5. The number of nitrogens with one attached hydrogen (secondary N) is 1. The molecule has 0 saturated carbocycles. The summed E-state index contributed by atoms with van der Waals surface area (Å²) in [6, 6.07) is 8.22. The van der Waals surface area contributed by atoms with Crippen molar-refractivity contribution < 1.29 is 9.53 Å². The number of rotatable bonds is 6. The summed E-state index contributed by atoms with van der Waals surface area (Å²) >= 11 is 0. The van der Waals surface area contributed by atoms with E-state index in [2.05, 4.69) is 18.3 Å². The van der Waals surface area contributed by atoms with Gasteiger partial charge in [-0.2, -0.15) is 0 Å². The Morgan fingerprint density at radius 3 is 2.78 bits per heavy atom. The molecule has 0 bridgehead atoms. The molecule has 0 radical (unpaired) electrons. The molecule has 1 unspecified atom stereocenters. The van der Waals surface area contributed by atoms with E-state index in [0.29, 0.717) is 13.0 Å². The van der Waals surface area contributed by atoms with Crippen LogP contribution >= 0.6 is 0 Å². The summed E-state index contributed by atoms with van der Waals surface area (Å²) in [5.41, 5.74) is 1.17. The van der Waals surface area contributed by atoms with Crippen LogP contribution in [-0.2, 0) is 4.79 Å². The minimum atomic E-state index is 0.0785. The second-order valence-corrected chi connectivity index (χ2v) is 4.47. The molecule has 18 heavy (non-hydrogen) atoms. The highest BCUT2D eigenvalue weighted by molar-refractivity contribution is 5.75. The van der Waals surface area contributed by atoms with Gasteiger partial charge in [0.15, 0.2) is 0 Å². The molecule has 1 rings (SSSR count). The number of hydrogen-bond acceptors (Lipinski definition) is 3. The van der Waals surface area contributed by atoms with Crippen LogP contribution in [0.2, 0.25) is 0 Å². The van der Waals surface area contributed by atoms with Crippen molar-refractivity contribution in [2.24, 2.45) is 0 Å². The SMILES string of the molecule is CNC(C)c1cccc(OCCC(=O)N(C)C)c1. The Balaban J connectivity index is 2.50.